The second-order valence-corrected chi connectivity index (χ2v) is 8.32. The second-order valence-electron chi connectivity index (χ2n) is 8.32. The van der Waals surface area contributed by atoms with Crippen LogP contribution in [0, 0.1) is 12.7 Å². The number of rotatable bonds is 3. The van der Waals surface area contributed by atoms with Crippen molar-refractivity contribution in [3.63, 3.8) is 0 Å². The Kier molecular flexibility index (Phi) is 4.70. The van der Waals surface area contributed by atoms with Crippen molar-refractivity contribution in [1.82, 2.24) is 20.0 Å². The van der Waals surface area contributed by atoms with Crippen LogP contribution in [-0.4, -0.2) is 32.5 Å². The molecule has 2 aliphatic heterocycles. The van der Waals surface area contributed by atoms with E-state index in [2.05, 4.69) is 27.4 Å². The maximum absolute atomic E-state index is 14.9. The van der Waals surface area contributed by atoms with Crippen molar-refractivity contribution < 1.29 is 14.0 Å². The first-order valence-corrected chi connectivity index (χ1v) is 10.4. The average molecular weight is 418 g/mol. The summed E-state index contributed by atoms with van der Waals surface area (Å²) < 4.78 is 16.6. The molecule has 0 bridgehead atoms. The van der Waals surface area contributed by atoms with E-state index < -0.39 is 0 Å². The van der Waals surface area contributed by atoms with E-state index in [9.17, 15) is 14.0 Å². The number of benzene rings is 2. The maximum Gasteiger partial charge on any atom is 0.243 e. The Morgan fingerprint density at radius 3 is 2.71 bits per heavy atom. The van der Waals surface area contributed by atoms with Gasteiger partial charge in [0, 0.05) is 37.7 Å². The molecule has 2 aromatic carbocycles. The van der Waals surface area contributed by atoms with E-state index in [1.165, 1.54) is 5.56 Å². The Morgan fingerprint density at radius 2 is 1.90 bits per heavy atom. The van der Waals surface area contributed by atoms with Gasteiger partial charge in [0.15, 0.2) is 0 Å². The molecule has 1 atom stereocenters. The number of imide groups is 1. The molecule has 0 saturated carbocycles. The molecule has 1 saturated heterocycles. The van der Waals surface area contributed by atoms with Gasteiger partial charge in [-0.1, -0.05) is 24.3 Å². The lowest BCUT2D eigenvalue weighted by Gasteiger charge is -2.29. The van der Waals surface area contributed by atoms with Gasteiger partial charge in [0.25, 0.3) is 0 Å². The van der Waals surface area contributed by atoms with E-state index in [1.54, 1.807) is 29.9 Å². The number of hydrogen-bond acceptors (Lipinski definition) is 4. The van der Waals surface area contributed by atoms with Crippen molar-refractivity contribution in [3.8, 4) is 22.4 Å². The Labute approximate surface area is 179 Å². The molecule has 7 heteroatoms. The van der Waals surface area contributed by atoms with E-state index >= 15 is 0 Å². The summed E-state index contributed by atoms with van der Waals surface area (Å²) >= 11 is 0. The fourth-order valence-corrected chi connectivity index (χ4v) is 4.64. The van der Waals surface area contributed by atoms with Crippen LogP contribution in [0.25, 0.3) is 22.4 Å². The molecule has 158 valence electrons. The number of piperidine rings is 1. The number of amides is 2. The van der Waals surface area contributed by atoms with E-state index in [4.69, 9.17) is 0 Å². The molecule has 2 amide bonds. The molecule has 3 aromatic rings. The third-order valence-corrected chi connectivity index (χ3v) is 6.30. The van der Waals surface area contributed by atoms with Gasteiger partial charge in [-0.15, -0.1) is 0 Å². The molecule has 0 spiro atoms. The molecule has 1 N–H and O–H groups in total. The number of aromatic nitrogens is 2. The van der Waals surface area contributed by atoms with Crippen LogP contribution in [0.5, 0.6) is 0 Å². The van der Waals surface area contributed by atoms with E-state index in [-0.39, 0.29) is 23.7 Å². The van der Waals surface area contributed by atoms with Gasteiger partial charge in [0.05, 0.1) is 17.9 Å². The van der Waals surface area contributed by atoms with Gasteiger partial charge < -0.3 is 0 Å². The van der Waals surface area contributed by atoms with Crippen LogP contribution in [0.3, 0.4) is 0 Å². The fourth-order valence-electron chi connectivity index (χ4n) is 4.64. The highest BCUT2D eigenvalue weighted by atomic mass is 19.1. The Hall–Kier alpha value is -3.32. The van der Waals surface area contributed by atoms with E-state index in [1.807, 2.05) is 19.2 Å². The monoisotopic (exact) mass is 418 g/mol. The van der Waals surface area contributed by atoms with Crippen molar-refractivity contribution in [2.45, 2.75) is 38.9 Å². The molecule has 2 aliphatic rings. The Bertz CT molecular complexity index is 1220. The molecule has 5 rings (SSSR count). The number of nitrogens with zero attached hydrogens (tertiary/aromatic N) is 3. The van der Waals surface area contributed by atoms with Crippen LogP contribution in [0.15, 0.2) is 42.6 Å². The third kappa shape index (κ3) is 3.35. The minimum Gasteiger partial charge on any atom is -0.295 e. The summed E-state index contributed by atoms with van der Waals surface area (Å²) in [5.41, 5.74) is 6.00. The number of hydrogen-bond donors (Lipinski definition) is 1. The molecule has 31 heavy (non-hydrogen) atoms. The lowest BCUT2D eigenvalue weighted by molar-refractivity contribution is -0.137. The first-order valence-electron chi connectivity index (χ1n) is 10.4. The molecule has 1 unspecified atom stereocenters. The van der Waals surface area contributed by atoms with Gasteiger partial charge in [-0.2, -0.15) is 5.10 Å². The zero-order chi connectivity index (χ0) is 21.7. The summed E-state index contributed by atoms with van der Waals surface area (Å²) in [5, 5.41) is 6.84. The molecule has 3 heterocycles. The summed E-state index contributed by atoms with van der Waals surface area (Å²) in [7, 11) is 1.82. The van der Waals surface area contributed by atoms with E-state index in [0.29, 0.717) is 37.1 Å². The van der Waals surface area contributed by atoms with Crippen LogP contribution in [0.4, 0.5) is 4.39 Å². The van der Waals surface area contributed by atoms with Crippen molar-refractivity contribution in [3.05, 3.63) is 65.1 Å². The predicted octanol–water partition coefficient (Wildman–Crippen LogP) is 3.32. The van der Waals surface area contributed by atoms with Gasteiger partial charge in [0.1, 0.15) is 5.82 Å². The molecule has 6 nitrogen and oxygen atoms in total. The number of aryl methyl sites for hydroxylation is 2. The Balaban J connectivity index is 1.48. The van der Waals surface area contributed by atoms with Crippen LogP contribution in [0.2, 0.25) is 0 Å². The quantitative estimate of drug-likeness (QED) is 0.663. The summed E-state index contributed by atoms with van der Waals surface area (Å²) in [4.78, 5) is 25.9. The van der Waals surface area contributed by atoms with Gasteiger partial charge in [-0.05, 0) is 47.7 Å². The summed E-state index contributed by atoms with van der Waals surface area (Å²) in [6.45, 7) is 3.08. The summed E-state index contributed by atoms with van der Waals surface area (Å²) in [5.74, 6) is -0.654. The highest BCUT2D eigenvalue weighted by molar-refractivity contribution is 6.00. The molecule has 1 aromatic heterocycles. The summed E-state index contributed by atoms with van der Waals surface area (Å²) in [6, 6.07) is 11.3. The molecule has 1 fully saturated rings. The van der Waals surface area contributed by atoms with Gasteiger partial charge in [-0.25, -0.2) is 4.39 Å². The highest BCUT2D eigenvalue weighted by Gasteiger charge is 2.34. The SMILES string of the molecule is Cc1cccc(-c2c(-c3ccc4c(c3)CN(C3CCC(=O)NC3=O)C4)cnn2C)c1F. The van der Waals surface area contributed by atoms with Crippen molar-refractivity contribution in [2.75, 3.05) is 0 Å². The van der Waals surface area contributed by atoms with Crippen LogP contribution in [-0.2, 0) is 29.7 Å². The maximum atomic E-state index is 14.9. The predicted molar refractivity (Wildman–Crippen MR) is 114 cm³/mol. The largest absolute Gasteiger partial charge is 0.295 e. The van der Waals surface area contributed by atoms with Crippen molar-refractivity contribution in [2.24, 2.45) is 7.05 Å². The number of fused-ring (bicyclic) bond motifs is 1. The summed E-state index contributed by atoms with van der Waals surface area (Å²) in [6.07, 6.45) is 2.69. The normalized spacial score (nSPS) is 18.9. The van der Waals surface area contributed by atoms with Crippen molar-refractivity contribution in [1.29, 1.82) is 0 Å². The first-order chi connectivity index (χ1) is 14.9. The standard InChI is InChI=1S/C24H23FN4O2/c1-14-4-3-5-18(22(14)25)23-19(11-26-28(23)2)15-6-7-16-12-29(13-17(16)10-15)20-8-9-21(30)27-24(20)31/h3-7,10-11,20H,8-9,12-13H2,1-2H3,(H,27,30,31). The molecule has 0 aliphatic carbocycles. The van der Waals surface area contributed by atoms with Crippen LogP contribution >= 0.6 is 0 Å². The van der Waals surface area contributed by atoms with Gasteiger partial charge >= 0.3 is 0 Å². The number of carbonyl (C=O) groups excluding carboxylic acids is 2. The van der Waals surface area contributed by atoms with Crippen molar-refractivity contribution >= 4 is 11.8 Å². The first kappa shape index (κ1) is 19.6. The van der Waals surface area contributed by atoms with Gasteiger partial charge in [0.2, 0.25) is 11.8 Å². The number of halogens is 1. The fraction of sp³-hybridized carbons (Fsp3) is 0.292. The minimum absolute atomic E-state index is 0.201. The molecule has 0 radical (unpaired) electrons. The minimum atomic E-state index is -0.288. The zero-order valence-electron chi connectivity index (χ0n) is 17.5. The number of carbonyl (C=O) groups is 2. The van der Waals surface area contributed by atoms with E-state index in [0.717, 1.165) is 22.4 Å². The lowest BCUT2D eigenvalue weighted by atomic mass is 9.97. The second kappa shape index (κ2) is 7.42. The topological polar surface area (TPSA) is 67.2 Å². The average Bonchev–Trinajstić information content (AvgIpc) is 3.33. The molecular weight excluding hydrogens is 395 g/mol. The highest BCUT2D eigenvalue weighted by Crippen LogP contribution is 2.36. The zero-order valence-corrected chi connectivity index (χ0v) is 17.5. The number of nitrogens with one attached hydrogen (secondary N) is 1. The Morgan fingerprint density at radius 1 is 1.10 bits per heavy atom. The molecular formula is C24H23FN4O2. The van der Waals surface area contributed by atoms with Crippen LogP contribution < -0.4 is 5.32 Å². The smallest absolute Gasteiger partial charge is 0.243 e. The third-order valence-electron chi connectivity index (χ3n) is 6.30. The lowest BCUT2D eigenvalue weighted by Crippen LogP contribution is -2.50. The van der Waals surface area contributed by atoms with Crippen LogP contribution in [0.1, 0.15) is 29.5 Å². The van der Waals surface area contributed by atoms with Gasteiger partial charge in [-0.3, -0.25) is 24.5 Å².